The van der Waals surface area contributed by atoms with Crippen LogP contribution in [0.4, 0.5) is 4.39 Å². The molecule has 7 heteroatoms. The van der Waals surface area contributed by atoms with Crippen molar-refractivity contribution in [3.8, 4) is 22.8 Å². The molecule has 37 heavy (non-hydrogen) atoms. The predicted molar refractivity (Wildman–Crippen MR) is 145 cm³/mol. The molecule has 2 heterocycles. The molecule has 0 aliphatic heterocycles. The summed E-state index contributed by atoms with van der Waals surface area (Å²) in [6.45, 7) is 12.0. The maximum Gasteiger partial charge on any atom is 0.257 e. The second kappa shape index (κ2) is 11.5. The van der Waals surface area contributed by atoms with Gasteiger partial charge in [-0.1, -0.05) is 27.4 Å². The number of rotatable bonds is 13. The summed E-state index contributed by atoms with van der Waals surface area (Å²) in [6, 6.07) is 8.13. The number of hydrogen-bond acceptors (Lipinski definition) is 5. The fourth-order valence-electron chi connectivity index (χ4n) is 4.90. The maximum absolute atomic E-state index is 14.3. The van der Waals surface area contributed by atoms with Crippen LogP contribution in [0, 0.1) is 11.8 Å². The van der Waals surface area contributed by atoms with Gasteiger partial charge in [-0.15, -0.1) is 0 Å². The molecule has 4 rings (SSSR count). The molecule has 3 aromatic rings. The zero-order valence-corrected chi connectivity index (χ0v) is 22.5. The van der Waals surface area contributed by atoms with Crippen molar-refractivity contribution in [2.75, 3.05) is 7.11 Å². The van der Waals surface area contributed by atoms with Gasteiger partial charge in [0.1, 0.15) is 22.7 Å². The normalized spacial score (nSPS) is 16.0. The van der Waals surface area contributed by atoms with Gasteiger partial charge in [0.25, 0.3) is 6.36 Å². The molecule has 1 aromatic carbocycles. The number of halogens is 1. The first-order chi connectivity index (χ1) is 17.7. The second-order valence-corrected chi connectivity index (χ2v) is 10.4. The Morgan fingerprint density at radius 1 is 1.24 bits per heavy atom. The molecule has 3 atom stereocenters. The van der Waals surface area contributed by atoms with E-state index in [2.05, 4.69) is 50.6 Å². The van der Waals surface area contributed by atoms with E-state index in [1.54, 1.807) is 18.3 Å². The molecular weight excluding hydrogens is 469 g/mol. The number of benzene rings is 1. The summed E-state index contributed by atoms with van der Waals surface area (Å²) in [5, 5.41) is 3.51. The van der Waals surface area contributed by atoms with Gasteiger partial charge in [0.15, 0.2) is 5.78 Å². The Morgan fingerprint density at radius 2 is 1.97 bits per heavy atom. The number of carbonyl (C=O) groups is 1. The molecule has 6 nitrogen and oxygen atoms in total. The number of ketones is 1. The fraction of sp³-hybridized carbons (Fsp3) is 0.467. The second-order valence-electron chi connectivity index (χ2n) is 10.4. The molecule has 0 amide bonds. The van der Waals surface area contributed by atoms with Crippen LogP contribution in [0.3, 0.4) is 0 Å². The third-order valence-corrected chi connectivity index (χ3v) is 7.16. The van der Waals surface area contributed by atoms with Gasteiger partial charge in [0.05, 0.1) is 19.0 Å². The molecule has 198 valence electrons. The van der Waals surface area contributed by atoms with Crippen LogP contribution in [-0.2, 0) is 0 Å². The Kier molecular flexibility index (Phi) is 8.32. The average Bonchev–Trinajstić information content (AvgIpc) is 3.64. The first-order valence-electron chi connectivity index (χ1n) is 13.1. The van der Waals surface area contributed by atoms with Crippen LogP contribution in [0.25, 0.3) is 16.9 Å². The smallest absolute Gasteiger partial charge is 0.257 e. The zero-order valence-electron chi connectivity index (χ0n) is 22.5. The number of hydrogen-bond donors (Lipinski definition) is 1. The van der Waals surface area contributed by atoms with Gasteiger partial charge in [-0.2, -0.15) is 4.39 Å². The number of ether oxygens (including phenoxy) is 2. The summed E-state index contributed by atoms with van der Waals surface area (Å²) in [5.41, 5.74) is 3.68. The predicted octanol–water partition coefficient (Wildman–Crippen LogP) is 6.94. The van der Waals surface area contributed by atoms with Gasteiger partial charge in [0.2, 0.25) is 0 Å². The molecule has 1 saturated carbocycles. The molecule has 1 fully saturated rings. The monoisotopic (exact) mass is 507 g/mol. The van der Waals surface area contributed by atoms with E-state index in [0.29, 0.717) is 35.6 Å². The molecular formula is C30H38FN3O3. The minimum absolute atomic E-state index is 0.114. The fourth-order valence-corrected chi connectivity index (χ4v) is 4.90. The van der Waals surface area contributed by atoms with E-state index in [-0.39, 0.29) is 23.1 Å². The van der Waals surface area contributed by atoms with E-state index >= 15 is 0 Å². The molecule has 3 unspecified atom stereocenters. The molecule has 1 aliphatic carbocycles. The number of Topliss-reactive ketones (excluding diaryl/α,β-unsaturated/α-hetero) is 1. The number of nitrogens with zero attached hydrogens (tertiary/aromatic N) is 2. The van der Waals surface area contributed by atoms with Gasteiger partial charge in [-0.25, -0.2) is 4.98 Å². The van der Waals surface area contributed by atoms with Crippen molar-refractivity contribution in [2.45, 2.75) is 71.8 Å². The van der Waals surface area contributed by atoms with Crippen molar-refractivity contribution in [1.29, 1.82) is 0 Å². The quantitative estimate of drug-likeness (QED) is 0.201. The van der Waals surface area contributed by atoms with Crippen LogP contribution in [0.5, 0.6) is 11.5 Å². The van der Waals surface area contributed by atoms with Gasteiger partial charge >= 0.3 is 0 Å². The van der Waals surface area contributed by atoms with Gasteiger partial charge < -0.3 is 14.8 Å². The number of aromatic nitrogens is 2. The van der Waals surface area contributed by atoms with E-state index in [0.717, 1.165) is 29.4 Å². The first kappa shape index (κ1) is 26.9. The van der Waals surface area contributed by atoms with Gasteiger partial charge in [-0.05, 0) is 73.9 Å². The van der Waals surface area contributed by atoms with E-state index in [1.165, 1.54) is 20.0 Å². The van der Waals surface area contributed by atoms with E-state index in [4.69, 9.17) is 9.47 Å². The van der Waals surface area contributed by atoms with E-state index in [1.807, 2.05) is 16.7 Å². The standard InChI is InChI=1S/C30H38FN3O3/c1-7-28(31)37-27-15-23(14-26(36-6)30(27)25(35)11-8-19(4)21-9-10-21)24-17-32-29-16-22(12-13-34(24)29)20(5)33-18(2)3/h7,12-21,28,33H,1,8-11H2,2-6H3. The minimum Gasteiger partial charge on any atom is -0.496 e. The summed E-state index contributed by atoms with van der Waals surface area (Å²) in [5.74, 6) is 1.59. The van der Waals surface area contributed by atoms with Gasteiger partial charge in [-0.3, -0.25) is 9.20 Å². The molecule has 1 N–H and O–H groups in total. The summed E-state index contributed by atoms with van der Waals surface area (Å²) >= 11 is 0. The summed E-state index contributed by atoms with van der Waals surface area (Å²) < 4.78 is 27.5. The molecule has 0 radical (unpaired) electrons. The Morgan fingerprint density at radius 3 is 2.62 bits per heavy atom. The van der Waals surface area contributed by atoms with Crippen LogP contribution in [0.15, 0.2) is 49.3 Å². The highest BCUT2D eigenvalue weighted by Crippen LogP contribution is 2.41. The van der Waals surface area contributed by atoms with Crippen molar-refractivity contribution in [1.82, 2.24) is 14.7 Å². The Hall–Kier alpha value is -3.19. The number of carbonyl (C=O) groups excluding carboxylic acids is 1. The average molecular weight is 508 g/mol. The van der Waals surface area contributed by atoms with Crippen molar-refractivity contribution in [3.05, 3.63) is 60.4 Å². The van der Waals surface area contributed by atoms with Gasteiger partial charge in [0, 0.05) is 30.3 Å². The Labute approximate surface area is 218 Å². The lowest BCUT2D eigenvalue weighted by Gasteiger charge is -2.18. The highest BCUT2D eigenvalue weighted by atomic mass is 19.1. The maximum atomic E-state index is 14.3. The van der Waals surface area contributed by atoms with Crippen molar-refractivity contribution in [2.24, 2.45) is 11.8 Å². The van der Waals surface area contributed by atoms with Crippen LogP contribution in [0.1, 0.15) is 75.3 Å². The highest BCUT2D eigenvalue weighted by Gasteiger charge is 2.29. The SMILES string of the molecule is C=CC(F)Oc1cc(-c2cnc3cc(C(C)NC(C)C)ccn23)cc(OC)c1C(=O)CCC(C)C1CC1. The Bertz CT molecular complexity index is 1260. The lowest BCUT2D eigenvalue weighted by Crippen LogP contribution is -2.26. The van der Waals surface area contributed by atoms with E-state index < -0.39 is 6.36 Å². The summed E-state index contributed by atoms with van der Waals surface area (Å²) in [4.78, 5) is 17.9. The molecule has 0 bridgehead atoms. The van der Waals surface area contributed by atoms with Crippen molar-refractivity contribution >= 4 is 11.4 Å². The molecule has 0 spiro atoms. The number of imidazole rings is 1. The van der Waals surface area contributed by atoms with Crippen molar-refractivity contribution in [3.63, 3.8) is 0 Å². The van der Waals surface area contributed by atoms with E-state index in [9.17, 15) is 9.18 Å². The van der Waals surface area contributed by atoms with Crippen LogP contribution in [-0.4, -0.2) is 34.7 Å². The largest absolute Gasteiger partial charge is 0.496 e. The van der Waals surface area contributed by atoms with Crippen LogP contribution >= 0.6 is 0 Å². The zero-order chi connectivity index (χ0) is 26.7. The summed E-state index contributed by atoms with van der Waals surface area (Å²) in [6.07, 6.45) is 6.65. The number of fused-ring (bicyclic) bond motifs is 1. The number of pyridine rings is 1. The number of nitrogens with one attached hydrogen (secondary N) is 1. The first-order valence-corrected chi connectivity index (χ1v) is 13.1. The topological polar surface area (TPSA) is 64.9 Å². The third-order valence-electron chi connectivity index (χ3n) is 7.16. The minimum atomic E-state index is -1.75. The van der Waals surface area contributed by atoms with Crippen LogP contribution in [0.2, 0.25) is 0 Å². The molecule has 2 aromatic heterocycles. The number of alkyl halides is 1. The number of methoxy groups -OCH3 is 1. The summed E-state index contributed by atoms with van der Waals surface area (Å²) in [7, 11) is 1.51. The van der Waals surface area contributed by atoms with Crippen molar-refractivity contribution < 1.29 is 18.7 Å². The molecule has 0 saturated heterocycles. The molecule has 1 aliphatic rings. The lowest BCUT2D eigenvalue weighted by atomic mass is 9.95. The van der Waals surface area contributed by atoms with Crippen LogP contribution < -0.4 is 14.8 Å². The highest BCUT2D eigenvalue weighted by molar-refractivity contribution is 6.02. The lowest BCUT2D eigenvalue weighted by molar-refractivity contribution is 0.0936. The third kappa shape index (κ3) is 6.21. The Balaban J connectivity index is 1.70.